The number of para-hydroxylation sites is 2. The van der Waals surface area contributed by atoms with Crippen molar-refractivity contribution in [2.24, 2.45) is 0 Å². The first-order valence-corrected chi connectivity index (χ1v) is 16.5. The molecule has 2 aromatic rings. The van der Waals surface area contributed by atoms with Crippen LogP contribution in [0.3, 0.4) is 0 Å². The van der Waals surface area contributed by atoms with E-state index >= 15 is 0 Å². The summed E-state index contributed by atoms with van der Waals surface area (Å²) in [5.41, 5.74) is 8.43. The maximum absolute atomic E-state index is 7.33. The number of hydrogen-bond acceptors (Lipinski definition) is 2. The number of halogens is 1. The van der Waals surface area contributed by atoms with Gasteiger partial charge in [-0.25, -0.2) is 0 Å². The predicted molar refractivity (Wildman–Crippen MR) is 150 cm³/mol. The third-order valence-electron chi connectivity index (χ3n) is 6.54. The average Bonchev–Trinajstić information content (AvgIpc) is 3.22. The van der Waals surface area contributed by atoms with Crippen LogP contribution in [0.5, 0.6) is 0 Å². The van der Waals surface area contributed by atoms with Gasteiger partial charge in [-0.3, -0.25) is 0 Å². The molecule has 0 saturated carbocycles. The molecule has 0 aliphatic carbocycles. The molecule has 1 fully saturated rings. The predicted octanol–water partition coefficient (Wildman–Crippen LogP) is 8.97. The van der Waals surface area contributed by atoms with Crippen LogP contribution in [-0.4, -0.2) is 17.3 Å². The zero-order valence-corrected chi connectivity index (χ0v) is 24.6. The van der Waals surface area contributed by atoms with E-state index in [4.69, 9.17) is 9.53 Å². The van der Waals surface area contributed by atoms with Crippen molar-refractivity contribution in [1.82, 2.24) is 0 Å². The van der Waals surface area contributed by atoms with Gasteiger partial charge in [-0.15, -0.1) is 0 Å². The molecule has 1 heterocycles. The molecular weight excluding hydrogens is 530 g/mol. The molecule has 0 unspecified atom stereocenters. The van der Waals surface area contributed by atoms with Crippen molar-refractivity contribution in [3.05, 3.63) is 71.3 Å². The fourth-order valence-electron chi connectivity index (χ4n) is 4.88. The fourth-order valence-corrected chi connectivity index (χ4v) is 8.34. The van der Waals surface area contributed by atoms with E-state index in [0.29, 0.717) is 23.7 Å². The Hall–Kier alpha value is -1.40. The van der Waals surface area contributed by atoms with Gasteiger partial charge in [0.25, 0.3) is 0 Å². The van der Waals surface area contributed by atoms with Crippen LogP contribution in [0.2, 0.25) is 4.89 Å². The summed E-state index contributed by atoms with van der Waals surface area (Å²) in [4.78, 5) is 6.03. The van der Waals surface area contributed by atoms with Crippen LogP contribution in [0.25, 0.3) is 0 Å². The molecule has 1 aliphatic heterocycles. The molecule has 2 nitrogen and oxygen atoms in total. The fraction of sp³-hybridized carbons (Fsp3) is 0.500. The quantitative estimate of drug-likeness (QED) is 0.230. The normalized spacial score (nSPS) is 14.9. The zero-order valence-electron chi connectivity index (χ0n) is 22.3. The maximum atomic E-state index is 7.33. The molecule has 0 amide bonds. The molecule has 0 atom stereocenters. The second-order valence-electron chi connectivity index (χ2n) is 10.4. The summed E-state index contributed by atoms with van der Waals surface area (Å²) in [5, 5.41) is 0. The van der Waals surface area contributed by atoms with E-state index in [0.717, 1.165) is 18.0 Å². The third-order valence-corrected chi connectivity index (χ3v) is 10.4. The van der Waals surface area contributed by atoms with Crippen molar-refractivity contribution < 1.29 is 15.3 Å². The summed E-state index contributed by atoms with van der Waals surface area (Å²) in [6.45, 7) is 24.4. The molecule has 2 aromatic carbocycles. The van der Waals surface area contributed by atoms with Crippen molar-refractivity contribution in [3.8, 4) is 0 Å². The first-order valence-electron chi connectivity index (χ1n) is 12.6. The van der Waals surface area contributed by atoms with E-state index in [1.165, 1.54) is 37.9 Å². The SMILES string of the molecule is C=C[CH2][Pd]([Cl])=[C]1N(c2c(C(C)C)cccc2C(C)C)CCN1c1c(C(C)C)cccc1C(C)C. The van der Waals surface area contributed by atoms with Crippen molar-refractivity contribution in [3.63, 3.8) is 0 Å². The molecule has 3 rings (SSSR count). The molecule has 190 valence electrons. The van der Waals surface area contributed by atoms with Gasteiger partial charge in [0.2, 0.25) is 0 Å². The Bertz CT molecular complexity index is 926. The molecule has 0 spiro atoms. The van der Waals surface area contributed by atoms with Gasteiger partial charge in [0, 0.05) is 0 Å². The van der Waals surface area contributed by atoms with Crippen LogP contribution < -0.4 is 9.80 Å². The Kier molecular flexibility index (Phi) is 9.24. The number of hydrogen-bond donors (Lipinski definition) is 0. The van der Waals surface area contributed by atoms with Crippen molar-refractivity contribution in [2.75, 3.05) is 22.9 Å². The van der Waals surface area contributed by atoms with Gasteiger partial charge in [-0.1, -0.05) is 0 Å². The van der Waals surface area contributed by atoms with Crippen LogP contribution in [0.4, 0.5) is 11.4 Å². The van der Waals surface area contributed by atoms with E-state index in [1.807, 2.05) is 6.08 Å². The molecule has 34 heavy (non-hydrogen) atoms. The standard InChI is InChI=1S/C27H38N2.C3H5.ClH.Pd/c1-18(2)22-11-9-12-23(19(3)4)26(22)28-15-16-29(17-28)27-24(20(5)6)13-10-14-25(27)21(7)8;1-3-2;;/h9-14,18-21H,15-16H2,1-8H3;3H,1-2H2;1H;/q;;;+1/p-1. The first-order chi connectivity index (χ1) is 16.1. The summed E-state index contributed by atoms with van der Waals surface area (Å²) in [5.74, 6) is 1.80. The molecule has 0 aromatic heterocycles. The third kappa shape index (κ3) is 5.38. The van der Waals surface area contributed by atoms with Crippen LogP contribution >= 0.6 is 9.53 Å². The number of allylic oxidation sites excluding steroid dienone is 1. The van der Waals surface area contributed by atoms with Crippen molar-refractivity contribution in [2.45, 2.75) is 84.0 Å². The monoisotopic (exact) mass is 572 g/mol. The van der Waals surface area contributed by atoms with Crippen LogP contribution in [0.15, 0.2) is 49.1 Å². The Morgan fingerprint density at radius 1 is 0.735 bits per heavy atom. The van der Waals surface area contributed by atoms with Gasteiger partial charge in [0.05, 0.1) is 0 Å². The summed E-state index contributed by atoms with van der Waals surface area (Å²) in [6.07, 6.45) is 2.00. The van der Waals surface area contributed by atoms with Gasteiger partial charge in [0.15, 0.2) is 0 Å². The minimum absolute atomic E-state index is 0.449. The Balaban J connectivity index is 2.31. The van der Waals surface area contributed by atoms with Crippen molar-refractivity contribution in [1.29, 1.82) is 0 Å². The molecule has 1 saturated heterocycles. The average molecular weight is 574 g/mol. The first kappa shape index (κ1) is 27.2. The van der Waals surface area contributed by atoms with Gasteiger partial charge in [0.1, 0.15) is 0 Å². The molecule has 0 N–H and O–H groups in total. The summed E-state index contributed by atoms with van der Waals surface area (Å²) in [7, 11) is 7.33. The number of benzene rings is 2. The Morgan fingerprint density at radius 2 is 1.06 bits per heavy atom. The topological polar surface area (TPSA) is 6.48 Å². The van der Waals surface area contributed by atoms with Crippen LogP contribution in [0, 0.1) is 0 Å². The van der Waals surface area contributed by atoms with Crippen molar-refractivity contribution >= 4 is 25.1 Å². The summed E-state index contributed by atoms with van der Waals surface area (Å²) >= 11 is -1.53. The second kappa shape index (κ2) is 11.6. The van der Waals surface area contributed by atoms with E-state index in [1.54, 1.807) is 0 Å². The molecule has 0 radical (unpaired) electrons. The number of rotatable bonds is 8. The van der Waals surface area contributed by atoms with Gasteiger partial charge >= 0.3 is 219 Å². The van der Waals surface area contributed by atoms with Gasteiger partial charge in [-0.2, -0.15) is 0 Å². The molecule has 4 heteroatoms. The van der Waals surface area contributed by atoms with Gasteiger partial charge in [-0.05, 0) is 0 Å². The zero-order chi connectivity index (χ0) is 25.2. The molecular formula is C30H43ClN2Pd. The minimum atomic E-state index is -1.53. The van der Waals surface area contributed by atoms with E-state index < -0.39 is 15.3 Å². The number of anilines is 2. The summed E-state index contributed by atoms with van der Waals surface area (Å²) in [6, 6.07) is 13.7. The van der Waals surface area contributed by atoms with E-state index in [9.17, 15) is 0 Å². The van der Waals surface area contributed by atoms with Gasteiger partial charge < -0.3 is 0 Å². The van der Waals surface area contributed by atoms with Crippen LogP contribution in [0.1, 0.15) is 101 Å². The summed E-state index contributed by atoms with van der Waals surface area (Å²) < 4.78 is 1.32. The number of nitrogens with zero attached hydrogens (tertiary/aromatic N) is 2. The molecule has 1 aliphatic rings. The second-order valence-corrected chi connectivity index (χ2v) is 14.7. The van der Waals surface area contributed by atoms with Crippen LogP contribution in [-0.2, 0) is 15.3 Å². The Morgan fingerprint density at radius 3 is 1.32 bits per heavy atom. The Labute approximate surface area is 217 Å². The molecule has 0 bridgehead atoms. The van der Waals surface area contributed by atoms with E-state index in [-0.39, 0.29) is 0 Å². The van der Waals surface area contributed by atoms with E-state index in [2.05, 4.69) is 108 Å².